The summed E-state index contributed by atoms with van der Waals surface area (Å²) in [5.74, 6) is -0.287. The van der Waals surface area contributed by atoms with Crippen molar-refractivity contribution in [3.8, 4) is 11.5 Å². The van der Waals surface area contributed by atoms with Crippen molar-refractivity contribution >= 4 is 33.5 Å². The third kappa shape index (κ3) is 4.38. The molecule has 8 nitrogen and oxygen atoms in total. The highest BCUT2D eigenvalue weighted by Crippen LogP contribution is 2.26. The quantitative estimate of drug-likeness (QED) is 0.643. The predicted molar refractivity (Wildman–Crippen MR) is 111 cm³/mol. The molecule has 4 rings (SSSR count). The lowest BCUT2D eigenvalue weighted by Gasteiger charge is -2.30. The summed E-state index contributed by atoms with van der Waals surface area (Å²) in [4.78, 5) is 12.7. The summed E-state index contributed by atoms with van der Waals surface area (Å²) in [7, 11) is -3.61. The van der Waals surface area contributed by atoms with Crippen LogP contribution in [-0.2, 0) is 14.8 Å². The number of rotatable bonds is 5. The van der Waals surface area contributed by atoms with Crippen LogP contribution >= 0.6 is 11.6 Å². The number of anilines is 1. The lowest BCUT2D eigenvalue weighted by molar-refractivity contribution is -0.121. The van der Waals surface area contributed by atoms with Crippen molar-refractivity contribution in [3.63, 3.8) is 0 Å². The van der Waals surface area contributed by atoms with E-state index in [9.17, 15) is 13.2 Å². The molecule has 1 amide bonds. The number of hydrogen-bond acceptors (Lipinski definition) is 6. The monoisotopic (exact) mass is 446 g/mol. The van der Waals surface area contributed by atoms with Gasteiger partial charge < -0.3 is 4.42 Å². The molecule has 1 saturated heterocycles. The van der Waals surface area contributed by atoms with E-state index in [4.69, 9.17) is 16.0 Å². The van der Waals surface area contributed by atoms with Gasteiger partial charge in [-0.15, -0.1) is 5.10 Å². The fourth-order valence-corrected chi connectivity index (χ4v) is 4.89. The standard InChI is InChI=1S/C20H19ClN4O4S/c21-16-6-8-17(9-7-16)30(27,28)25-12-10-14(11-13-25)18(26)22-20-24-23-19(29-20)15-4-2-1-3-5-15/h1-9,14H,10-13H2,(H,22,24,26). The van der Waals surface area contributed by atoms with E-state index in [1.54, 1.807) is 12.1 Å². The van der Waals surface area contributed by atoms with E-state index in [-0.39, 0.29) is 35.8 Å². The first-order chi connectivity index (χ1) is 14.4. The molecule has 1 N–H and O–H groups in total. The number of amides is 1. The number of piperidine rings is 1. The Labute approximate surface area is 178 Å². The van der Waals surface area contributed by atoms with E-state index >= 15 is 0 Å². The van der Waals surface area contributed by atoms with Crippen molar-refractivity contribution in [1.29, 1.82) is 0 Å². The fraction of sp³-hybridized carbons (Fsp3) is 0.250. The topological polar surface area (TPSA) is 105 Å². The molecule has 0 radical (unpaired) electrons. The molecule has 0 aliphatic carbocycles. The maximum Gasteiger partial charge on any atom is 0.322 e. The summed E-state index contributed by atoms with van der Waals surface area (Å²) in [5, 5.41) is 10.9. The van der Waals surface area contributed by atoms with E-state index in [0.717, 1.165) is 5.56 Å². The van der Waals surface area contributed by atoms with Gasteiger partial charge in [-0.1, -0.05) is 34.9 Å². The molecule has 0 atom stereocenters. The molecule has 3 aromatic rings. The number of nitrogens with one attached hydrogen (secondary N) is 1. The Morgan fingerprint density at radius 2 is 1.70 bits per heavy atom. The van der Waals surface area contributed by atoms with Gasteiger partial charge in [0.1, 0.15) is 0 Å². The Kier molecular flexibility index (Phi) is 5.85. The zero-order valence-corrected chi connectivity index (χ0v) is 17.4. The predicted octanol–water partition coefficient (Wildman–Crippen LogP) is 3.43. The maximum absolute atomic E-state index is 12.8. The van der Waals surface area contributed by atoms with Crippen molar-refractivity contribution in [2.75, 3.05) is 18.4 Å². The Hall–Kier alpha value is -2.75. The van der Waals surface area contributed by atoms with Crippen LogP contribution in [0.15, 0.2) is 63.9 Å². The van der Waals surface area contributed by atoms with Gasteiger partial charge in [0.05, 0.1) is 4.90 Å². The Morgan fingerprint density at radius 1 is 1.03 bits per heavy atom. The van der Waals surface area contributed by atoms with Crippen LogP contribution in [0.25, 0.3) is 11.5 Å². The fourth-order valence-electron chi connectivity index (χ4n) is 3.29. The molecule has 1 fully saturated rings. The molecule has 0 saturated carbocycles. The number of carbonyl (C=O) groups is 1. The zero-order valence-electron chi connectivity index (χ0n) is 15.9. The average Bonchev–Trinajstić information content (AvgIpc) is 3.23. The van der Waals surface area contributed by atoms with Crippen molar-refractivity contribution in [2.45, 2.75) is 17.7 Å². The lowest BCUT2D eigenvalue weighted by Crippen LogP contribution is -2.41. The molecule has 1 aliphatic heterocycles. The summed E-state index contributed by atoms with van der Waals surface area (Å²) >= 11 is 5.83. The van der Waals surface area contributed by atoms with Crippen molar-refractivity contribution in [3.05, 3.63) is 59.6 Å². The van der Waals surface area contributed by atoms with Crippen LogP contribution in [0.2, 0.25) is 5.02 Å². The summed E-state index contributed by atoms with van der Waals surface area (Å²) < 4.78 is 32.4. The van der Waals surface area contributed by atoms with Gasteiger partial charge in [0.15, 0.2) is 0 Å². The Morgan fingerprint density at radius 3 is 2.37 bits per heavy atom. The van der Waals surface area contributed by atoms with Crippen LogP contribution < -0.4 is 5.32 Å². The minimum atomic E-state index is -3.61. The van der Waals surface area contributed by atoms with Crippen LogP contribution in [0.4, 0.5) is 6.01 Å². The summed E-state index contributed by atoms with van der Waals surface area (Å²) in [5.41, 5.74) is 0.756. The number of carbonyl (C=O) groups excluding carboxylic acids is 1. The number of halogens is 1. The van der Waals surface area contributed by atoms with Crippen molar-refractivity contribution in [2.24, 2.45) is 5.92 Å². The number of hydrogen-bond donors (Lipinski definition) is 1. The van der Waals surface area contributed by atoms with Crippen molar-refractivity contribution in [1.82, 2.24) is 14.5 Å². The van der Waals surface area contributed by atoms with Crippen LogP contribution in [0.3, 0.4) is 0 Å². The number of aromatic nitrogens is 2. The first-order valence-electron chi connectivity index (χ1n) is 9.39. The van der Waals surface area contributed by atoms with Gasteiger partial charge in [0.2, 0.25) is 21.8 Å². The molecule has 156 valence electrons. The summed E-state index contributed by atoms with van der Waals surface area (Å²) in [6.07, 6.45) is 0.802. The van der Waals surface area contributed by atoms with Gasteiger partial charge in [-0.05, 0) is 49.2 Å². The maximum atomic E-state index is 12.8. The first kappa shape index (κ1) is 20.5. The second-order valence-corrected chi connectivity index (χ2v) is 9.27. The highest BCUT2D eigenvalue weighted by Gasteiger charge is 2.32. The largest absolute Gasteiger partial charge is 0.403 e. The molecule has 1 aliphatic rings. The number of nitrogens with zero attached hydrogens (tertiary/aromatic N) is 3. The Balaban J connectivity index is 1.36. The second-order valence-electron chi connectivity index (χ2n) is 6.90. The minimum absolute atomic E-state index is 0.0232. The van der Waals surface area contributed by atoms with Gasteiger partial charge in [-0.3, -0.25) is 10.1 Å². The minimum Gasteiger partial charge on any atom is -0.403 e. The van der Waals surface area contributed by atoms with Gasteiger partial charge in [0.25, 0.3) is 0 Å². The molecule has 2 heterocycles. The third-order valence-corrected chi connectivity index (χ3v) is 7.12. The molecule has 10 heteroatoms. The molecule has 0 bridgehead atoms. The normalized spacial score (nSPS) is 15.8. The lowest BCUT2D eigenvalue weighted by atomic mass is 9.97. The van der Waals surface area contributed by atoms with Crippen molar-refractivity contribution < 1.29 is 17.6 Å². The average molecular weight is 447 g/mol. The molecule has 2 aromatic carbocycles. The van der Waals surface area contributed by atoms with Crippen LogP contribution in [-0.4, -0.2) is 41.9 Å². The van der Waals surface area contributed by atoms with Crippen LogP contribution in [0.5, 0.6) is 0 Å². The Bertz CT molecular complexity index is 1130. The highest BCUT2D eigenvalue weighted by atomic mass is 35.5. The molecular formula is C20H19ClN4O4S. The van der Waals surface area contributed by atoms with Crippen LogP contribution in [0.1, 0.15) is 12.8 Å². The van der Waals surface area contributed by atoms with E-state index < -0.39 is 10.0 Å². The molecule has 1 aromatic heterocycles. The van der Waals surface area contributed by atoms with E-state index in [2.05, 4.69) is 15.5 Å². The van der Waals surface area contributed by atoms with Gasteiger partial charge in [-0.25, -0.2) is 8.42 Å². The molecule has 0 unspecified atom stereocenters. The number of benzene rings is 2. The van der Waals surface area contributed by atoms with Gasteiger partial charge >= 0.3 is 6.01 Å². The molecule has 0 spiro atoms. The SMILES string of the molecule is O=C(Nc1nnc(-c2ccccc2)o1)C1CCN(S(=O)(=O)c2ccc(Cl)cc2)CC1. The molecular weight excluding hydrogens is 428 g/mol. The van der Waals surface area contributed by atoms with E-state index in [1.165, 1.54) is 16.4 Å². The first-order valence-corrected chi connectivity index (χ1v) is 11.2. The summed E-state index contributed by atoms with van der Waals surface area (Å²) in [6.45, 7) is 0.504. The van der Waals surface area contributed by atoms with E-state index in [0.29, 0.717) is 23.8 Å². The summed E-state index contributed by atoms with van der Waals surface area (Å²) in [6, 6.07) is 15.3. The van der Waals surface area contributed by atoms with Gasteiger partial charge in [-0.2, -0.15) is 4.31 Å². The smallest absolute Gasteiger partial charge is 0.322 e. The highest BCUT2D eigenvalue weighted by molar-refractivity contribution is 7.89. The number of sulfonamides is 1. The third-order valence-electron chi connectivity index (χ3n) is 4.95. The van der Waals surface area contributed by atoms with Gasteiger partial charge in [0, 0.05) is 29.6 Å². The zero-order chi connectivity index (χ0) is 21.1. The molecule has 30 heavy (non-hydrogen) atoms. The second kappa shape index (κ2) is 8.55. The van der Waals surface area contributed by atoms with E-state index in [1.807, 2.05) is 30.3 Å². The van der Waals surface area contributed by atoms with Crippen LogP contribution in [0, 0.1) is 5.92 Å².